The van der Waals surface area contributed by atoms with E-state index in [1.807, 2.05) is 0 Å². The number of ether oxygens (including phenoxy) is 2. The minimum absolute atomic E-state index is 0.462. The van der Waals surface area contributed by atoms with Gasteiger partial charge in [0.05, 0.1) is 20.3 Å². The van der Waals surface area contributed by atoms with Gasteiger partial charge in [-0.2, -0.15) is 5.26 Å². The van der Waals surface area contributed by atoms with Crippen molar-refractivity contribution >= 4 is 0 Å². The van der Waals surface area contributed by atoms with E-state index >= 15 is 0 Å². The van der Waals surface area contributed by atoms with Crippen LogP contribution in [0.3, 0.4) is 0 Å². The van der Waals surface area contributed by atoms with Crippen molar-refractivity contribution in [3.05, 3.63) is 23.8 Å². The van der Waals surface area contributed by atoms with Gasteiger partial charge in [0.15, 0.2) is 6.10 Å². The normalized spacial score (nSPS) is 11.6. The van der Waals surface area contributed by atoms with Gasteiger partial charge in [-0.05, 0) is 12.1 Å². The minimum Gasteiger partial charge on any atom is -0.497 e. The molecule has 0 aliphatic rings. The Labute approximate surface area is 82.3 Å². The van der Waals surface area contributed by atoms with Gasteiger partial charge in [-0.1, -0.05) is 0 Å². The predicted octanol–water partition coefficient (Wildman–Crippen LogP) is 1.26. The van der Waals surface area contributed by atoms with Gasteiger partial charge in [-0.25, -0.2) is 0 Å². The lowest BCUT2D eigenvalue weighted by atomic mass is 10.1. The van der Waals surface area contributed by atoms with Gasteiger partial charge in [-0.3, -0.25) is 0 Å². The molecular weight excluding hydrogens is 182 g/mol. The molecule has 1 rings (SSSR count). The molecular formula is C10H11NO3. The third-order valence-electron chi connectivity index (χ3n) is 1.81. The first-order chi connectivity index (χ1) is 6.71. The molecule has 1 aromatic carbocycles. The van der Waals surface area contributed by atoms with Crippen LogP contribution >= 0.6 is 0 Å². The monoisotopic (exact) mass is 193 g/mol. The summed E-state index contributed by atoms with van der Waals surface area (Å²) in [6, 6.07) is 6.59. The highest BCUT2D eigenvalue weighted by Gasteiger charge is 2.09. The maximum absolute atomic E-state index is 9.30. The number of benzene rings is 1. The minimum atomic E-state index is -1.15. The fourth-order valence-electron chi connectivity index (χ4n) is 1.06. The van der Waals surface area contributed by atoms with Crippen LogP contribution in [-0.2, 0) is 0 Å². The second kappa shape index (κ2) is 4.49. The van der Waals surface area contributed by atoms with Crippen LogP contribution in [0.5, 0.6) is 11.5 Å². The molecule has 0 radical (unpaired) electrons. The zero-order valence-electron chi connectivity index (χ0n) is 8.02. The maximum atomic E-state index is 9.30. The Kier molecular flexibility index (Phi) is 3.32. The molecule has 14 heavy (non-hydrogen) atoms. The predicted molar refractivity (Wildman–Crippen MR) is 50.1 cm³/mol. The van der Waals surface area contributed by atoms with Gasteiger partial charge >= 0.3 is 0 Å². The first kappa shape index (κ1) is 10.4. The van der Waals surface area contributed by atoms with E-state index in [2.05, 4.69) is 0 Å². The Bertz CT molecular complexity index is 335. The van der Waals surface area contributed by atoms with E-state index in [4.69, 9.17) is 14.7 Å². The molecule has 0 spiro atoms. The van der Waals surface area contributed by atoms with E-state index < -0.39 is 6.10 Å². The van der Waals surface area contributed by atoms with E-state index in [1.54, 1.807) is 24.3 Å². The second-order valence-electron chi connectivity index (χ2n) is 2.68. The summed E-state index contributed by atoms with van der Waals surface area (Å²) in [4.78, 5) is 0. The molecule has 0 amide bonds. The summed E-state index contributed by atoms with van der Waals surface area (Å²) in [6.45, 7) is 0. The third-order valence-corrected chi connectivity index (χ3v) is 1.81. The highest BCUT2D eigenvalue weighted by atomic mass is 16.5. The van der Waals surface area contributed by atoms with Crippen LogP contribution in [-0.4, -0.2) is 19.3 Å². The van der Waals surface area contributed by atoms with Gasteiger partial charge in [0.25, 0.3) is 0 Å². The van der Waals surface area contributed by atoms with Crippen LogP contribution < -0.4 is 9.47 Å². The Morgan fingerprint density at radius 1 is 1.21 bits per heavy atom. The Morgan fingerprint density at radius 3 is 2.07 bits per heavy atom. The van der Waals surface area contributed by atoms with E-state index in [-0.39, 0.29) is 0 Å². The molecule has 0 fully saturated rings. The van der Waals surface area contributed by atoms with Gasteiger partial charge in [-0.15, -0.1) is 0 Å². The summed E-state index contributed by atoms with van der Waals surface area (Å²) in [6.07, 6.45) is -1.15. The Morgan fingerprint density at radius 2 is 1.71 bits per heavy atom. The van der Waals surface area contributed by atoms with Crippen molar-refractivity contribution in [1.82, 2.24) is 0 Å². The maximum Gasteiger partial charge on any atom is 0.166 e. The molecule has 1 atom stereocenters. The van der Waals surface area contributed by atoms with E-state index in [0.29, 0.717) is 17.1 Å². The van der Waals surface area contributed by atoms with Crippen molar-refractivity contribution in [1.29, 1.82) is 5.26 Å². The van der Waals surface area contributed by atoms with Crippen molar-refractivity contribution < 1.29 is 14.6 Å². The largest absolute Gasteiger partial charge is 0.497 e. The van der Waals surface area contributed by atoms with Crippen molar-refractivity contribution in [3.8, 4) is 17.6 Å². The summed E-state index contributed by atoms with van der Waals surface area (Å²) < 4.78 is 9.98. The topological polar surface area (TPSA) is 62.5 Å². The average molecular weight is 193 g/mol. The van der Waals surface area contributed by atoms with E-state index in [9.17, 15) is 5.11 Å². The summed E-state index contributed by atoms with van der Waals surface area (Å²) >= 11 is 0. The summed E-state index contributed by atoms with van der Waals surface area (Å²) in [7, 11) is 3.02. The molecule has 0 bridgehead atoms. The number of hydrogen-bond donors (Lipinski definition) is 1. The van der Waals surface area contributed by atoms with Crippen LogP contribution in [0.25, 0.3) is 0 Å². The number of aliphatic hydroxyl groups is 1. The SMILES string of the molecule is COc1cc(OC)cc([C@H](O)C#N)c1. The molecule has 0 unspecified atom stereocenters. The smallest absolute Gasteiger partial charge is 0.166 e. The molecule has 0 saturated carbocycles. The van der Waals surface area contributed by atoms with Crippen molar-refractivity contribution in [3.63, 3.8) is 0 Å². The number of methoxy groups -OCH3 is 2. The van der Waals surface area contributed by atoms with Crippen molar-refractivity contribution in [2.24, 2.45) is 0 Å². The molecule has 74 valence electrons. The number of nitrogens with zero attached hydrogens (tertiary/aromatic N) is 1. The van der Waals surface area contributed by atoms with Crippen LogP contribution in [0.1, 0.15) is 11.7 Å². The molecule has 0 aliphatic heterocycles. The quantitative estimate of drug-likeness (QED) is 0.734. The highest BCUT2D eigenvalue weighted by molar-refractivity contribution is 5.40. The fraction of sp³-hybridized carbons (Fsp3) is 0.300. The van der Waals surface area contributed by atoms with E-state index in [0.717, 1.165) is 0 Å². The van der Waals surface area contributed by atoms with Crippen molar-refractivity contribution in [2.45, 2.75) is 6.10 Å². The van der Waals surface area contributed by atoms with E-state index in [1.165, 1.54) is 14.2 Å². The van der Waals surface area contributed by atoms with Crippen LogP contribution in [0.4, 0.5) is 0 Å². The van der Waals surface area contributed by atoms with Crippen LogP contribution in [0, 0.1) is 11.3 Å². The first-order valence-corrected chi connectivity index (χ1v) is 4.02. The number of rotatable bonds is 3. The zero-order valence-corrected chi connectivity index (χ0v) is 8.02. The van der Waals surface area contributed by atoms with Gasteiger partial charge < -0.3 is 14.6 Å². The lowest BCUT2D eigenvalue weighted by molar-refractivity contribution is 0.234. The first-order valence-electron chi connectivity index (χ1n) is 4.02. The molecule has 0 saturated heterocycles. The lowest BCUT2D eigenvalue weighted by Gasteiger charge is -2.08. The third kappa shape index (κ3) is 2.15. The number of nitriles is 1. The number of hydrogen-bond acceptors (Lipinski definition) is 4. The van der Waals surface area contributed by atoms with Crippen LogP contribution in [0.2, 0.25) is 0 Å². The average Bonchev–Trinajstić information content (AvgIpc) is 2.27. The molecule has 1 N–H and O–H groups in total. The van der Waals surface area contributed by atoms with Crippen LogP contribution in [0.15, 0.2) is 18.2 Å². The van der Waals surface area contributed by atoms with Gasteiger partial charge in [0.2, 0.25) is 0 Å². The standard InChI is InChI=1S/C10H11NO3/c1-13-8-3-7(10(12)6-11)4-9(5-8)14-2/h3-5,10,12H,1-2H3/t10-/m1/s1. The van der Waals surface area contributed by atoms with Gasteiger partial charge in [0, 0.05) is 11.6 Å². The molecule has 1 aromatic rings. The van der Waals surface area contributed by atoms with Crippen molar-refractivity contribution in [2.75, 3.05) is 14.2 Å². The molecule has 4 heteroatoms. The summed E-state index contributed by atoms with van der Waals surface area (Å²) in [5, 5.41) is 17.8. The second-order valence-corrected chi connectivity index (χ2v) is 2.68. The molecule has 4 nitrogen and oxygen atoms in total. The highest BCUT2D eigenvalue weighted by Crippen LogP contribution is 2.25. The zero-order chi connectivity index (χ0) is 10.6. The molecule has 0 aliphatic carbocycles. The molecule has 0 aromatic heterocycles. The Balaban J connectivity index is 3.12. The number of aliphatic hydroxyl groups excluding tert-OH is 1. The fourth-order valence-corrected chi connectivity index (χ4v) is 1.06. The van der Waals surface area contributed by atoms with Gasteiger partial charge in [0.1, 0.15) is 11.5 Å². The summed E-state index contributed by atoms with van der Waals surface area (Å²) in [5.74, 6) is 1.10. The Hall–Kier alpha value is -1.73. The molecule has 0 heterocycles. The summed E-state index contributed by atoms with van der Waals surface area (Å²) in [5.41, 5.74) is 0.462. The lowest BCUT2D eigenvalue weighted by Crippen LogP contribution is -1.96.